The predicted octanol–water partition coefficient (Wildman–Crippen LogP) is 5.43. The molecule has 2 heterocycles. The maximum Gasteiger partial charge on any atom is 0.206 e. The molecule has 2 aliphatic rings. The predicted molar refractivity (Wildman–Crippen MR) is 122 cm³/mol. The summed E-state index contributed by atoms with van der Waals surface area (Å²) in [4.78, 5) is 9.22. The van der Waals surface area contributed by atoms with Crippen molar-refractivity contribution in [3.8, 4) is 17.7 Å². The molecule has 2 aliphatic heterocycles. The van der Waals surface area contributed by atoms with E-state index >= 15 is 0 Å². The zero-order chi connectivity index (χ0) is 21.1. The standard InChI is InChI=1S/C22H14N4O2S2/c1-24-26-22-18(14-6-10-16(28-3)11-7-14)20-19(30-22)17(21(29-20)25-12-23)13-4-8-15(27-2)9-5-13/h4-11H,2-3H3/b25-21?,26-22+. The minimum absolute atomic E-state index is 0.632. The molecule has 0 spiro atoms. The van der Waals surface area contributed by atoms with Crippen LogP contribution in [0.15, 0.2) is 68.4 Å². The van der Waals surface area contributed by atoms with Gasteiger partial charge in [-0.25, -0.2) is 0 Å². The van der Waals surface area contributed by atoms with Gasteiger partial charge in [0.2, 0.25) is 6.19 Å². The number of hydrogen-bond donors (Lipinski definition) is 0. The van der Waals surface area contributed by atoms with E-state index in [4.69, 9.17) is 16.0 Å². The molecule has 4 rings (SSSR count). The second-order valence-corrected chi connectivity index (χ2v) is 8.09. The van der Waals surface area contributed by atoms with Gasteiger partial charge in [-0.15, -0.1) is 4.95 Å². The molecule has 0 N–H and O–H groups in total. The summed E-state index contributed by atoms with van der Waals surface area (Å²) >= 11 is 2.86. The van der Waals surface area contributed by atoms with Crippen LogP contribution in [0.2, 0.25) is 0 Å². The van der Waals surface area contributed by atoms with Crippen molar-refractivity contribution in [3.63, 3.8) is 0 Å². The highest BCUT2D eigenvalue weighted by molar-refractivity contribution is 8.26. The Morgan fingerprint density at radius 3 is 1.73 bits per heavy atom. The summed E-state index contributed by atoms with van der Waals surface area (Å²) in [6.45, 7) is 7.23. The normalized spacial score (nSPS) is 17.9. The van der Waals surface area contributed by atoms with E-state index in [1.54, 1.807) is 14.2 Å². The summed E-state index contributed by atoms with van der Waals surface area (Å²) in [6, 6.07) is 15.3. The van der Waals surface area contributed by atoms with Crippen molar-refractivity contribution in [1.29, 1.82) is 5.26 Å². The summed E-state index contributed by atoms with van der Waals surface area (Å²) in [5.74, 6) is 1.50. The Kier molecular flexibility index (Phi) is 5.62. The SMILES string of the molecule is [C-]#[N+]/N=C1/SC2=C(c3ccc(OC)cc3)C(=NC#N)SC2=C1c1ccc(OC)cc1. The number of hydrogen-bond acceptors (Lipinski definition) is 7. The molecule has 2 aromatic rings. The number of nitrogens with zero attached hydrogens (tertiary/aromatic N) is 4. The van der Waals surface area contributed by atoms with Crippen molar-refractivity contribution in [2.45, 2.75) is 0 Å². The van der Waals surface area contributed by atoms with Crippen LogP contribution in [0.4, 0.5) is 0 Å². The van der Waals surface area contributed by atoms with E-state index in [0.717, 1.165) is 43.6 Å². The van der Waals surface area contributed by atoms with Crippen molar-refractivity contribution < 1.29 is 9.47 Å². The molecule has 8 heteroatoms. The lowest BCUT2D eigenvalue weighted by Gasteiger charge is -2.07. The zero-order valence-corrected chi connectivity index (χ0v) is 17.7. The van der Waals surface area contributed by atoms with Crippen LogP contribution in [0.25, 0.3) is 16.1 Å². The second kappa shape index (κ2) is 8.50. The molecule has 0 unspecified atom stereocenters. The highest BCUT2D eigenvalue weighted by Gasteiger charge is 2.40. The van der Waals surface area contributed by atoms with Gasteiger partial charge in [0, 0.05) is 21.0 Å². The molecule has 6 nitrogen and oxygen atoms in total. The Morgan fingerprint density at radius 1 is 0.833 bits per heavy atom. The zero-order valence-electron chi connectivity index (χ0n) is 16.0. The van der Waals surface area contributed by atoms with Crippen LogP contribution in [0.3, 0.4) is 0 Å². The van der Waals surface area contributed by atoms with Gasteiger partial charge in [0.05, 0.1) is 19.3 Å². The number of benzene rings is 2. The van der Waals surface area contributed by atoms with Crippen molar-refractivity contribution in [2.24, 2.45) is 10.1 Å². The Bertz CT molecular complexity index is 1110. The summed E-state index contributed by atoms with van der Waals surface area (Å²) < 4.78 is 10.5. The molecular weight excluding hydrogens is 416 g/mol. The van der Waals surface area contributed by atoms with Gasteiger partial charge in [-0.05, 0) is 35.4 Å². The van der Waals surface area contributed by atoms with E-state index in [1.165, 1.54) is 23.5 Å². The number of nitriles is 1. The largest absolute Gasteiger partial charge is 0.497 e. The molecule has 0 bridgehead atoms. The average Bonchev–Trinajstić information content (AvgIpc) is 3.29. The Hall–Kier alpha value is -3.46. The molecule has 2 aromatic carbocycles. The van der Waals surface area contributed by atoms with Gasteiger partial charge >= 0.3 is 0 Å². The van der Waals surface area contributed by atoms with Crippen molar-refractivity contribution in [1.82, 2.24) is 0 Å². The number of methoxy groups -OCH3 is 2. The quantitative estimate of drug-likeness (QED) is 0.367. The molecule has 30 heavy (non-hydrogen) atoms. The molecule has 0 saturated heterocycles. The van der Waals surface area contributed by atoms with Gasteiger partial charge < -0.3 is 9.47 Å². The van der Waals surface area contributed by atoms with E-state index < -0.39 is 0 Å². The first kappa shape index (κ1) is 19.8. The lowest BCUT2D eigenvalue weighted by atomic mass is 10.0. The fraction of sp³-hybridized carbons (Fsp3) is 0.0909. The lowest BCUT2D eigenvalue weighted by molar-refractivity contribution is 0.414. The minimum atomic E-state index is 0.632. The van der Waals surface area contributed by atoms with Crippen molar-refractivity contribution in [2.75, 3.05) is 14.2 Å². The minimum Gasteiger partial charge on any atom is -0.497 e. The molecule has 0 fully saturated rings. The fourth-order valence-corrected chi connectivity index (χ4v) is 5.78. The van der Waals surface area contributed by atoms with Gasteiger partial charge in [-0.1, -0.05) is 47.8 Å². The number of thioether (sulfide) groups is 2. The molecule has 146 valence electrons. The third-order valence-corrected chi connectivity index (χ3v) is 6.86. The summed E-state index contributed by atoms with van der Waals surface area (Å²) in [5.41, 5.74) is 3.58. The van der Waals surface area contributed by atoms with E-state index in [0.29, 0.717) is 10.1 Å². The number of aliphatic imine (C=N–C) groups is 1. The smallest absolute Gasteiger partial charge is 0.206 e. The van der Waals surface area contributed by atoms with E-state index in [9.17, 15) is 5.26 Å². The Balaban J connectivity index is 1.92. The van der Waals surface area contributed by atoms with E-state index in [-0.39, 0.29) is 0 Å². The van der Waals surface area contributed by atoms with Gasteiger partial charge in [-0.3, -0.25) is 0 Å². The summed E-state index contributed by atoms with van der Waals surface area (Å²) in [6.07, 6.45) is 1.91. The second-order valence-electron chi connectivity index (χ2n) is 6.09. The monoisotopic (exact) mass is 430 g/mol. The molecule has 0 radical (unpaired) electrons. The third-order valence-electron chi connectivity index (χ3n) is 4.54. The molecule has 0 saturated carbocycles. The van der Waals surface area contributed by atoms with Gasteiger partial charge in [0.25, 0.3) is 0 Å². The van der Waals surface area contributed by atoms with Crippen LogP contribution >= 0.6 is 23.5 Å². The highest BCUT2D eigenvalue weighted by atomic mass is 32.2. The van der Waals surface area contributed by atoms with Crippen LogP contribution in [0.5, 0.6) is 11.5 Å². The summed E-state index contributed by atoms with van der Waals surface area (Å²) in [7, 11) is 3.24. The first-order chi connectivity index (χ1) is 14.7. The fourth-order valence-electron chi connectivity index (χ4n) is 3.18. The van der Waals surface area contributed by atoms with E-state index in [2.05, 4.69) is 15.0 Å². The molecule has 0 aromatic heterocycles. The summed E-state index contributed by atoms with van der Waals surface area (Å²) in [5, 5.41) is 14.5. The number of ether oxygens (including phenoxy) is 2. The van der Waals surface area contributed by atoms with Gasteiger partial charge in [0.1, 0.15) is 16.5 Å². The maximum atomic E-state index is 9.22. The first-order valence-electron chi connectivity index (χ1n) is 8.75. The maximum absolute atomic E-state index is 9.22. The molecule has 0 aliphatic carbocycles. The number of rotatable bonds is 4. The van der Waals surface area contributed by atoms with Crippen LogP contribution in [-0.4, -0.2) is 24.3 Å². The van der Waals surface area contributed by atoms with E-state index in [1.807, 2.05) is 54.7 Å². The number of fused-ring (bicyclic) bond motifs is 1. The van der Waals surface area contributed by atoms with Gasteiger partial charge in [-0.2, -0.15) is 16.8 Å². The lowest BCUT2D eigenvalue weighted by Crippen LogP contribution is -1.97. The van der Waals surface area contributed by atoms with Crippen molar-refractivity contribution in [3.05, 3.63) is 81.0 Å². The average molecular weight is 431 g/mol. The van der Waals surface area contributed by atoms with Crippen LogP contribution in [0.1, 0.15) is 11.1 Å². The van der Waals surface area contributed by atoms with Crippen LogP contribution in [0, 0.1) is 18.0 Å². The Labute approximate surface area is 182 Å². The third kappa shape index (κ3) is 3.48. The van der Waals surface area contributed by atoms with Crippen molar-refractivity contribution >= 4 is 44.8 Å². The van der Waals surface area contributed by atoms with Gasteiger partial charge in [0.15, 0.2) is 5.04 Å². The molecule has 0 amide bonds. The first-order valence-corrected chi connectivity index (χ1v) is 10.4. The van der Waals surface area contributed by atoms with Crippen LogP contribution in [-0.2, 0) is 0 Å². The van der Waals surface area contributed by atoms with Crippen LogP contribution < -0.4 is 9.47 Å². The highest BCUT2D eigenvalue weighted by Crippen LogP contribution is 2.57. The Morgan fingerprint density at radius 2 is 1.30 bits per heavy atom. The molecule has 0 atom stereocenters. The topological polar surface area (TPSA) is 71.3 Å². The molecular formula is C22H14N4O2S2.